The van der Waals surface area contributed by atoms with Gasteiger partial charge in [-0.2, -0.15) is 9.97 Å². The van der Waals surface area contributed by atoms with Gasteiger partial charge in [0, 0.05) is 24.8 Å². The minimum absolute atomic E-state index is 0.113. The van der Waals surface area contributed by atoms with Crippen LogP contribution in [0, 0.1) is 10.7 Å². The summed E-state index contributed by atoms with van der Waals surface area (Å²) in [7, 11) is 1.47. The molecule has 2 aromatic heterocycles. The van der Waals surface area contributed by atoms with Crippen LogP contribution in [0.3, 0.4) is 0 Å². The van der Waals surface area contributed by atoms with E-state index in [-0.39, 0.29) is 22.9 Å². The fraction of sp³-hybridized carbons (Fsp3) is 0.320. The Bertz CT molecular complexity index is 1370. The number of anilines is 1. The van der Waals surface area contributed by atoms with E-state index in [1.165, 1.54) is 13.5 Å². The second kappa shape index (κ2) is 8.69. The molecule has 1 saturated heterocycles. The molecule has 8 heteroatoms. The number of hydrogen-bond acceptors (Lipinski definition) is 7. The van der Waals surface area contributed by atoms with Crippen molar-refractivity contribution in [2.24, 2.45) is 5.18 Å². The molecule has 0 amide bonds. The molecule has 3 heterocycles. The number of benzene rings is 2. The summed E-state index contributed by atoms with van der Waals surface area (Å²) in [6.45, 7) is 3.73. The summed E-state index contributed by atoms with van der Waals surface area (Å²) in [5, 5.41) is 5.32. The van der Waals surface area contributed by atoms with Crippen LogP contribution in [0.5, 0.6) is 6.01 Å². The van der Waals surface area contributed by atoms with Gasteiger partial charge in [0.1, 0.15) is 22.7 Å². The Balaban J connectivity index is 1.79. The molecule has 1 aliphatic heterocycles. The van der Waals surface area contributed by atoms with Gasteiger partial charge in [-0.3, -0.25) is 4.98 Å². The predicted octanol–water partition coefficient (Wildman–Crippen LogP) is 5.94. The number of rotatable bonds is 5. The van der Waals surface area contributed by atoms with Crippen molar-refractivity contribution in [3.8, 4) is 17.3 Å². The van der Waals surface area contributed by atoms with Gasteiger partial charge in [-0.15, -0.1) is 4.91 Å². The molecular weight excluding hydrogens is 421 g/mol. The van der Waals surface area contributed by atoms with E-state index in [1.807, 2.05) is 25.1 Å². The number of halogens is 1. The van der Waals surface area contributed by atoms with E-state index >= 15 is 4.39 Å². The van der Waals surface area contributed by atoms with Gasteiger partial charge in [-0.25, -0.2) is 4.39 Å². The topological polar surface area (TPSA) is 80.6 Å². The number of hydrogen-bond donors (Lipinski definition) is 0. The summed E-state index contributed by atoms with van der Waals surface area (Å²) in [5.41, 5.74) is 2.07. The molecule has 1 fully saturated rings. The summed E-state index contributed by atoms with van der Waals surface area (Å²) in [4.78, 5) is 26.9. The molecule has 5 rings (SSSR count). The van der Waals surface area contributed by atoms with Gasteiger partial charge in [0.15, 0.2) is 5.82 Å². The molecule has 7 nitrogen and oxygen atoms in total. The summed E-state index contributed by atoms with van der Waals surface area (Å²) in [6.07, 6.45) is 5.65. The first-order chi connectivity index (χ1) is 16.1. The number of pyridine rings is 1. The molecule has 2 aromatic carbocycles. The minimum Gasteiger partial charge on any atom is -0.467 e. The average Bonchev–Trinajstić information content (AvgIpc) is 2.88. The Morgan fingerprint density at radius 1 is 1.15 bits per heavy atom. The van der Waals surface area contributed by atoms with Crippen molar-refractivity contribution < 1.29 is 9.13 Å². The molecule has 0 radical (unpaired) electrons. The van der Waals surface area contributed by atoms with Crippen LogP contribution in [-0.2, 0) is 6.42 Å². The predicted molar refractivity (Wildman–Crippen MR) is 128 cm³/mol. The SMILES string of the molecule is CCc1cccc2cc(N=O)cc(-c3ncc4c(N5CCCCC5)nc(OC)nc4c3F)c12. The van der Waals surface area contributed by atoms with Crippen molar-refractivity contribution in [1.29, 1.82) is 0 Å². The molecule has 0 N–H and O–H groups in total. The zero-order valence-corrected chi connectivity index (χ0v) is 18.6. The highest BCUT2D eigenvalue weighted by Crippen LogP contribution is 2.38. The maximum absolute atomic E-state index is 16.1. The molecule has 0 unspecified atom stereocenters. The van der Waals surface area contributed by atoms with Crippen LogP contribution in [0.25, 0.3) is 32.9 Å². The van der Waals surface area contributed by atoms with E-state index in [4.69, 9.17) is 4.74 Å². The standard InChI is InChI=1S/C25H24FN5O2/c1-3-15-8-7-9-16-12-17(30-32)13-18(20(15)16)22-21(26)23-19(14-27-22)24(29-25(28-23)33-2)31-10-5-4-6-11-31/h7-9,12-14H,3-6,10-11H2,1-2H3. The largest absolute Gasteiger partial charge is 0.467 e. The van der Waals surface area contributed by atoms with Crippen LogP contribution in [0.15, 0.2) is 41.7 Å². The quantitative estimate of drug-likeness (QED) is 0.354. The third kappa shape index (κ3) is 3.65. The molecular formula is C25H24FN5O2. The monoisotopic (exact) mass is 445 g/mol. The highest BCUT2D eigenvalue weighted by atomic mass is 19.1. The van der Waals surface area contributed by atoms with Crippen molar-refractivity contribution in [1.82, 2.24) is 15.0 Å². The number of piperidine rings is 1. The molecule has 0 bridgehead atoms. The van der Waals surface area contributed by atoms with Crippen LogP contribution in [-0.4, -0.2) is 35.2 Å². The zero-order valence-electron chi connectivity index (χ0n) is 18.6. The van der Waals surface area contributed by atoms with Crippen molar-refractivity contribution in [2.45, 2.75) is 32.6 Å². The van der Waals surface area contributed by atoms with Crippen molar-refractivity contribution in [2.75, 3.05) is 25.1 Å². The van der Waals surface area contributed by atoms with Gasteiger partial charge in [-0.1, -0.05) is 25.1 Å². The molecule has 1 aliphatic rings. The first kappa shape index (κ1) is 21.2. The summed E-state index contributed by atoms with van der Waals surface area (Å²) >= 11 is 0. The van der Waals surface area contributed by atoms with E-state index in [0.29, 0.717) is 16.8 Å². The van der Waals surface area contributed by atoms with Crippen LogP contribution < -0.4 is 9.64 Å². The number of methoxy groups -OCH3 is 1. The zero-order chi connectivity index (χ0) is 22.9. The van der Waals surface area contributed by atoms with E-state index in [9.17, 15) is 4.91 Å². The summed E-state index contributed by atoms with van der Waals surface area (Å²) in [5.74, 6) is 0.0682. The molecule has 0 spiro atoms. The lowest BCUT2D eigenvalue weighted by Gasteiger charge is -2.28. The molecule has 168 valence electrons. The van der Waals surface area contributed by atoms with Crippen molar-refractivity contribution >= 4 is 33.2 Å². The van der Waals surface area contributed by atoms with Gasteiger partial charge in [0.05, 0.1) is 12.5 Å². The lowest BCUT2D eigenvalue weighted by atomic mass is 9.94. The van der Waals surface area contributed by atoms with Crippen molar-refractivity contribution in [3.63, 3.8) is 0 Å². The van der Waals surface area contributed by atoms with E-state index in [2.05, 4.69) is 25.0 Å². The summed E-state index contributed by atoms with van der Waals surface area (Å²) in [6, 6.07) is 9.23. The maximum Gasteiger partial charge on any atom is 0.318 e. The van der Waals surface area contributed by atoms with Gasteiger partial charge >= 0.3 is 6.01 Å². The number of nitrogens with zero attached hydrogens (tertiary/aromatic N) is 5. The Labute approximate surface area is 190 Å². The number of aromatic nitrogens is 3. The minimum atomic E-state index is -0.568. The number of ether oxygens (including phenoxy) is 1. The lowest BCUT2D eigenvalue weighted by Crippen LogP contribution is -2.30. The highest BCUT2D eigenvalue weighted by molar-refractivity contribution is 6.02. The van der Waals surface area contributed by atoms with Crippen LogP contribution >= 0.6 is 0 Å². The first-order valence-electron chi connectivity index (χ1n) is 11.2. The molecule has 0 aliphatic carbocycles. The number of fused-ring (bicyclic) bond motifs is 2. The molecule has 0 atom stereocenters. The van der Waals surface area contributed by atoms with E-state index in [1.54, 1.807) is 18.3 Å². The normalized spacial score (nSPS) is 14.1. The highest BCUT2D eigenvalue weighted by Gasteiger charge is 2.23. The fourth-order valence-electron chi connectivity index (χ4n) is 4.67. The Morgan fingerprint density at radius 2 is 1.97 bits per heavy atom. The van der Waals surface area contributed by atoms with Crippen LogP contribution in [0.4, 0.5) is 15.9 Å². The van der Waals surface area contributed by atoms with Crippen molar-refractivity contribution in [3.05, 3.63) is 52.8 Å². The third-order valence-corrected chi connectivity index (χ3v) is 6.27. The van der Waals surface area contributed by atoms with Gasteiger partial charge in [-0.05, 0) is 59.3 Å². The Morgan fingerprint density at radius 3 is 2.70 bits per heavy atom. The smallest absolute Gasteiger partial charge is 0.318 e. The molecule has 33 heavy (non-hydrogen) atoms. The Kier molecular flexibility index (Phi) is 5.58. The fourth-order valence-corrected chi connectivity index (χ4v) is 4.67. The Hall–Kier alpha value is -3.68. The lowest BCUT2D eigenvalue weighted by molar-refractivity contribution is 0.381. The average molecular weight is 445 g/mol. The second-order valence-corrected chi connectivity index (χ2v) is 8.22. The van der Waals surface area contributed by atoms with Crippen LogP contribution in [0.2, 0.25) is 0 Å². The second-order valence-electron chi connectivity index (χ2n) is 8.22. The third-order valence-electron chi connectivity index (χ3n) is 6.27. The van der Waals surface area contributed by atoms with Gasteiger partial charge in [0.2, 0.25) is 0 Å². The van der Waals surface area contributed by atoms with E-state index < -0.39 is 5.82 Å². The number of nitroso groups, excluding NO2 is 1. The van der Waals surface area contributed by atoms with Gasteiger partial charge in [0.25, 0.3) is 0 Å². The molecule has 4 aromatic rings. The summed E-state index contributed by atoms with van der Waals surface area (Å²) < 4.78 is 21.4. The van der Waals surface area contributed by atoms with E-state index in [0.717, 1.165) is 48.7 Å². The van der Waals surface area contributed by atoms with Crippen LogP contribution in [0.1, 0.15) is 31.7 Å². The number of aryl methyl sites for hydroxylation is 1. The molecule has 0 saturated carbocycles. The maximum atomic E-state index is 16.1. The first-order valence-corrected chi connectivity index (χ1v) is 11.2. The van der Waals surface area contributed by atoms with Gasteiger partial charge < -0.3 is 9.64 Å².